The Balaban J connectivity index is 1.41. The summed E-state index contributed by atoms with van der Waals surface area (Å²) in [6.07, 6.45) is 28.4. The van der Waals surface area contributed by atoms with E-state index in [4.69, 9.17) is 4.74 Å². The number of aromatic amines is 1. The van der Waals surface area contributed by atoms with E-state index in [1.54, 1.807) is 46.7 Å². The van der Waals surface area contributed by atoms with Crippen LogP contribution < -0.4 is 20.9 Å². The van der Waals surface area contributed by atoms with Crippen LogP contribution >= 0.6 is 21.6 Å². The monoisotopic (exact) mass is 638 g/mol. The van der Waals surface area contributed by atoms with Crippen LogP contribution in [0.25, 0.3) is 10.9 Å². The molecule has 0 saturated heterocycles. The quantitative estimate of drug-likeness (QED) is 0.0728. The molecule has 0 fully saturated rings. The number of aromatic nitrogens is 2. The third kappa shape index (κ3) is 17.0. The molecule has 0 radical (unpaired) electrons. The summed E-state index contributed by atoms with van der Waals surface area (Å²) < 4.78 is 5.37. The van der Waals surface area contributed by atoms with Gasteiger partial charge in [-0.25, -0.2) is 9.78 Å². The number of amides is 2. The number of hydrogen-bond acceptors (Lipinski definition) is 7. The number of aryl methyl sites for hydroxylation is 1. The van der Waals surface area contributed by atoms with Crippen molar-refractivity contribution in [3.05, 3.63) is 95.1 Å². The Kier molecular flexibility index (Phi) is 19.9. The second-order valence-corrected chi connectivity index (χ2v) is 12.4. The Bertz CT molecular complexity index is 1350. The molecule has 0 spiro atoms. The highest BCUT2D eigenvalue weighted by molar-refractivity contribution is 8.76. The third-order valence-electron chi connectivity index (χ3n) is 6.00. The van der Waals surface area contributed by atoms with E-state index < -0.39 is 6.09 Å². The highest BCUT2D eigenvalue weighted by Gasteiger charge is 2.11. The van der Waals surface area contributed by atoms with Gasteiger partial charge in [-0.1, -0.05) is 95.3 Å². The van der Waals surface area contributed by atoms with Crippen molar-refractivity contribution in [3.8, 4) is 5.75 Å². The molecule has 1 heterocycles. The molecule has 3 N–H and O–H groups in total. The Morgan fingerprint density at radius 2 is 1.45 bits per heavy atom. The van der Waals surface area contributed by atoms with E-state index in [-0.39, 0.29) is 17.2 Å². The van der Waals surface area contributed by atoms with Crippen molar-refractivity contribution in [2.75, 3.05) is 24.6 Å². The van der Waals surface area contributed by atoms with Crippen molar-refractivity contribution in [2.45, 2.75) is 65.2 Å². The van der Waals surface area contributed by atoms with Crippen LogP contribution in [0.1, 0.15) is 64.1 Å². The molecule has 238 valence electrons. The number of ether oxygens (including phenoxy) is 1. The normalized spacial score (nSPS) is 12.0. The van der Waals surface area contributed by atoms with Crippen LogP contribution in [0.3, 0.4) is 0 Å². The van der Waals surface area contributed by atoms with Crippen molar-refractivity contribution >= 4 is 44.5 Å². The fourth-order valence-electron chi connectivity index (χ4n) is 3.85. The van der Waals surface area contributed by atoms with E-state index in [0.29, 0.717) is 42.0 Å². The lowest BCUT2D eigenvalue weighted by atomic mass is 10.2. The van der Waals surface area contributed by atoms with Gasteiger partial charge in [-0.15, -0.1) is 0 Å². The molecule has 0 bridgehead atoms. The molecule has 0 atom stereocenters. The molecule has 2 aromatic rings. The average Bonchev–Trinajstić information content (AvgIpc) is 3.00. The Morgan fingerprint density at radius 3 is 2.09 bits per heavy atom. The van der Waals surface area contributed by atoms with Crippen molar-refractivity contribution in [1.29, 1.82) is 0 Å². The van der Waals surface area contributed by atoms with Crippen molar-refractivity contribution in [2.24, 2.45) is 0 Å². The van der Waals surface area contributed by atoms with E-state index in [1.807, 2.05) is 0 Å². The van der Waals surface area contributed by atoms with Gasteiger partial charge in [0.15, 0.2) is 5.75 Å². The number of benzene rings is 1. The summed E-state index contributed by atoms with van der Waals surface area (Å²) in [6.45, 7) is 4.86. The number of H-pyrrole nitrogens is 1. The molecule has 10 heteroatoms. The molecule has 0 aliphatic heterocycles. The summed E-state index contributed by atoms with van der Waals surface area (Å²) >= 11 is 0. The van der Waals surface area contributed by atoms with Crippen LogP contribution in [0, 0.1) is 6.92 Å². The molecule has 2 amide bonds. The molecule has 8 nitrogen and oxygen atoms in total. The first-order chi connectivity index (χ1) is 21.5. The number of allylic oxidation sites excluding steroid dienone is 10. The van der Waals surface area contributed by atoms with Crippen LogP contribution in [0.4, 0.5) is 4.79 Å². The predicted octanol–water partition coefficient (Wildman–Crippen LogP) is 7.74. The maximum absolute atomic E-state index is 12.2. The molecule has 0 saturated carbocycles. The van der Waals surface area contributed by atoms with Gasteiger partial charge in [-0.3, -0.25) is 9.59 Å². The summed E-state index contributed by atoms with van der Waals surface area (Å²) in [4.78, 5) is 43.2. The minimum Gasteiger partial charge on any atom is -0.408 e. The highest BCUT2D eigenvalue weighted by Crippen LogP contribution is 2.22. The lowest BCUT2D eigenvalue weighted by Gasteiger charge is -2.09. The first-order valence-corrected chi connectivity index (χ1v) is 17.7. The molecule has 2 rings (SSSR count). The Hall–Kier alpha value is -3.50. The number of rotatable bonds is 21. The number of fused-ring (bicyclic) bond motifs is 1. The first kappa shape index (κ1) is 36.7. The summed E-state index contributed by atoms with van der Waals surface area (Å²) in [5.41, 5.74) is 0.0781. The smallest absolute Gasteiger partial charge is 0.408 e. The minimum atomic E-state index is -0.598. The number of nitrogens with zero attached hydrogens (tertiary/aromatic N) is 1. The zero-order valence-corrected chi connectivity index (χ0v) is 27.5. The molecule has 0 aliphatic carbocycles. The Labute approximate surface area is 269 Å². The first-order valence-electron chi connectivity index (χ1n) is 15.2. The molecule has 1 aromatic carbocycles. The van der Waals surface area contributed by atoms with E-state index in [9.17, 15) is 14.4 Å². The van der Waals surface area contributed by atoms with Gasteiger partial charge in [0.25, 0.3) is 5.56 Å². The maximum Gasteiger partial charge on any atom is 0.412 e. The van der Waals surface area contributed by atoms with Gasteiger partial charge in [0.2, 0.25) is 5.91 Å². The van der Waals surface area contributed by atoms with E-state index in [1.165, 1.54) is 0 Å². The lowest BCUT2D eigenvalue weighted by Crippen LogP contribution is -2.29. The minimum absolute atomic E-state index is 0.0764. The van der Waals surface area contributed by atoms with Gasteiger partial charge >= 0.3 is 6.09 Å². The summed E-state index contributed by atoms with van der Waals surface area (Å²) in [5.74, 6) is 2.24. The molecule has 44 heavy (non-hydrogen) atoms. The molecular formula is C34H46N4O4S2. The standard InChI is InChI=1S/C34H46N4O4S2/c1-3-4-5-6-7-8-9-10-11-12-13-14-15-16-17-18-19-23-31(39)35-24-26-43-44-27-25-36-34(41)42-30-22-20-21-29-32(30)37-28(2)38-33(29)40/h4-5,7-8,10-11,13-14,16-17,20-22H,3,6,9,12,15,18-19,23-27H2,1-2H3,(H,35,39)(H,36,41)(H,37,38,40)/b5-4-,8-7-,11-10-,14-13-,17-16-. The van der Waals surface area contributed by atoms with Crippen molar-refractivity contribution in [1.82, 2.24) is 20.6 Å². The number of hydrogen-bond donors (Lipinski definition) is 3. The molecular weight excluding hydrogens is 593 g/mol. The van der Waals surface area contributed by atoms with Gasteiger partial charge in [0, 0.05) is 31.0 Å². The topological polar surface area (TPSA) is 113 Å². The van der Waals surface area contributed by atoms with Gasteiger partial charge in [0.1, 0.15) is 11.3 Å². The Morgan fingerprint density at radius 1 is 0.864 bits per heavy atom. The average molecular weight is 639 g/mol. The van der Waals surface area contributed by atoms with Gasteiger partial charge in [-0.05, 0) is 64.0 Å². The molecule has 0 unspecified atom stereocenters. The SMILES string of the molecule is CC/C=C\C/C=C\C/C=C\C/C=C\C/C=C\CCCC(=O)NCCSSCCNC(=O)Oc1cccc2c(=O)[nH]c(C)nc12. The second-order valence-electron chi connectivity index (χ2n) is 9.71. The highest BCUT2D eigenvalue weighted by atomic mass is 33.1. The lowest BCUT2D eigenvalue weighted by molar-refractivity contribution is -0.121. The van der Waals surface area contributed by atoms with Gasteiger partial charge in [-0.2, -0.15) is 0 Å². The maximum atomic E-state index is 12.2. The fourth-order valence-corrected chi connectivity index (χ4v) is 5.66. The van der Waals surface area contributed by atoms with Crippen LogP contribution in [-0.4, -0.2) is 46.6 Å². The largest absolute Gasteiger partial charge is 0.412 e. The van der Waals surface area contributed by atoms with E-state index in [2.05, 4.69) is 88.3 Å². The van der Waals surface area contributed by atoms with Gasteiger partial charge in [0.05, 0.1) is 5.39 Å². The van der Waals surface area contributed by atoms with Crippen LogP contribution in [0.5, 0.6) is 5.75 Å². The van der Waals surface area contributed by atoms with Gasteiger partial charge < -0.3 is 20.4 Å². The predicted molar refractivity (Wildman–Crippen MR) is 187 cm³/mol. The number of carbonyl (C=O) groups is 2. The zero-order valence-electron chi connectivity index (χ0n) is 25.9. The van der Waals surface area contributed by atoms with Crippen molar-refractivity contribution < 1.29 is 14.3 Å². The fraction of sp³-hybridized carbons (Fsp3) is 0.412. The van der Waals surface area contributed by atoms with Crippen LogP contribution in [0.15, 0.2) is 83.8 Å². The summed E-state index contributed by atoms with van der Waals surface area (Å²) in [7, 11) is 3.26. The number of unbranched alkanes of at least 4 members (excludes halogenated alkanes) is 1. The number of nitrogens with one attached hydrogen (secondary N) is 3. The van der Waals surface area contributed by atoms with Crippen LogP contribution in [-0.2, 0) is 4.79 Å². The van der Waals surface area contributed by atoms with E-state index in [0.717, 1.165) is 50.7 Å². The van der Waals surface area contributed by atoms with E-state index >= 15 is 0 Å². The van der Waals surface area contributed by atoms with Crippen LogP contribution in [0.2, 0.25) is 0 Å². The molecule has 1 aromatic heterocycles. The summed E-state index contributed by atoms with van der Waals surface area (Å²) in [5, 5.41) is 6.02. The summed E-state index contributed by atoms with van der Waals surface area (Å²) in [6, 6.07) is 4.89. The zero-order chi connectivity index (χ0) is 31.7. The number of carbonyl (C=O) groups excluding carboxylic acids is 2. The van der Waals surface area contributed by atoms with Crippen molar-refractivity contribution in [3.63, 3.8) is 0 Å². The third-order valence-corrected chi connectivity index (χ3v) is 8.41. The molecule has 0 aliphatic rings. The number of para-hydroxylation sites is 1. The second kappa shape index (κ2) is 23.9.